The predicted molar refractivity (Wildman–Crippen MR) is 126 cm³/mol. The van der Waals surface area contributed by atoms with Gasteiger partial charge in [-0.1, -0.05) is 6.07 Å². The van der Waals surface area contributed by atoms with Gasteiger partial charge in [-0.15, -0.1) is 0 Å². The number of benzene rings is 1. The lowest BCUT2D eigenvalue weighted by molar-refractivity contribution is 0.0379. The number of aromatic nitrogens is 6. The second-order valence-corrected chi connectivity index (χ2v) is 8.58. The molecule has 1 aliphatic rings. The van der Waals surface area contributed by atoms with E-state index < -0.39 is 11.6 Å². The molecule has 1 atom stereocenters. The molecule has 3 aromatic heterocycles. The zero-order valence-corrected chi connectivity index (χ0v) is 19.9. The smallest absolute Gasteiger partial charge is 0.290 e. The minimum atomic E-state index is -0.959. The Morgan fingerprint density at radius 3 is 2.75 bits per heavy atom. The normalized spacial score (nSPS) is 15.3. The monoisotopic (exact) mass is 494 g/mol. The molecule has 0 aliphatic carbocycles. The summed E-state index contributed by atoms with van der Waals surface area (Å²) >= 11 is 0. The van der Waals surface area contributed by atoms with Gasteiger partial charge in [0.1, 0.15) is 11.5 Å². The van der Waals surface area contributed by atoms with Crippen molar-refractivity contribution in [2.24, 2.45) is 7.05 Å². The molecule has 5 rings (SSSR count). The molecule has 1 aromatic carbocycles. The maximum atomic E-state index is 13.8. The summed E-state index contributed by atoms with van der Waals surface area (Å²) in [7, 11) is 3.35. The fourth-order valence-corrected chi connectivity index (χ4v) is 4.20. The van der Waals surface area contributed by atoms with Gasteiger partial charge in [-0.3, -0.25) is 9.48 Å². The second-order valence-electron chi connectivity index (χ2n) is 8.58. The van der Waals surface area contributed by atoms with Gasteiger partial charge in [0.15, 0.2) is 17.5 Å². The lowest BCUT2D eigenvalue weighted by Gasteiger charge is -2.35. The van der Waals surface area contributed by atoms with Gasteiger partial charge < -0.3 is 19.5 Å². The molecule has 0 fully saturated rings. The van der Waals surface area contributed by atoms with E-state index in [4.69, 9.17) is 4.74 Å². The van der Waals surface area contributed by atoms with Crippen molar-refractivity contribution in [1.82, 2.24) is 34.2 Å². The van der Waals surface area contributed by atoms with Crippen LogP contribution in [0.2, 0.25) is 0 Å². The van der Waals surface area contributed by atoms with Gasteiger partial charge in [-0.2, -0.15) is 5.10 Å². The van der Waals surface area contributed by atoms with Gasteiger partial charge in [0.25, 0.3) is 5.91 Å². The number of fused-ring (bicyclic) bond motifs is 1. The Balaban J connectivity index is 1.46. The molecule has 4 heterocycles. The van der Waals surface area contributed by atoms with E-state index in [1.54, 1.807) is 53.0 Å². The van der Waals surface area contributed by atoms with Crippen LogP contribution in [0.5, 0.6) is 0 Å². The fourth-order valence-electron chi connectivity index (χ4n) is 4.20. The predicted octanol–water partition coefficient (Wildman–Crippen LogP) is 3.07. The molecule has 0 unspecified atom stereocenters. The Bertz CT molecular complexity index is 1430. The van der Waals surface area contributed by atoms with E-state index in [0.717, 1.165) is 23.5 Å². The van der Waals surface area contributed by atoms with Crippen molar-refractivity contribution in [3.63, 3.8) is 0 Å². The van der Waals surface area contributed by atoms with Crippen molar-refractivity contribution in [2.75, 3.05) is 19.0 Å². The molecule has 0 radical (unpaired) electrons. The molecule has 0 bridgehead atoms. The van der Waals surface area contributed by atoms with Crippen LogP contribution in [0.25, 0.3) is 11.4 Å². The Hall–Kier alpha value is -4.19. The minimum Gasteiger partial charge on any atom is -0.382 e. The molecule has 186 valence electrons. The first-order chi connectivity index (χ1) is 17.3. The van der Waals surface area contributed by atoms with Crippen LogP contribution >= 0.6 is 0 Å². The number of ether oxygens (including phenoxy) is 1. The number of hydrogen-bond acceptors (Lipinski definition) is 7. The van der Waals surface area contributed by atoms with Gasteiger partial charge in [-0.05, 0) is 30.2 Å². The van der Waals surface area contributed by atoms with Gasteiger partial charge in [0.05, 0.1) is 24.5 Å². The largest absolute Gasteiger partial charge is 0.382 e. The SMILES string of the molecule is COC[C@@H]1Cn2cc(-c3nc(Nc4ccnn4C)ncc3C)nc2C(=O)N1Cc1ccc(F)c(F)c1. The van der Waals surface area contributed by atoms with Crippen LogP contribution in [-0.4, -0.2) is 59.9 Å². The average molecular weight is 495 g/mol. The van der Waals surface area contributed by atoms with Crippen molar-refractivity contribution in [3.05, 3.63) is 71.4 Å². The first-order valence-corrected chi connectivity index (χ1v) is 11.2. The molecule has 1 amide bonds. The van der Waals surface area contributed by atoms with Crippen LogP contribution in [-0.2, 0) is 24.9 Å². The van der Waals surface area contributed by atoms with Crippen LogP contribution in [0.3, 0.4) is 0 Å². The van der Waals surface area contributed by atoms with Crippen LogP contribution in [0, 0.1) is 18.6 Å². The lowest BCUT2D eigenvalue weighted by atomic mass is 10.1. The minimum absolute atomic E-state index is 0.0948. The number of hydrogen-bond donors (Lipinski definition) is 1. The summed E-state index contributed by atoms with van der Waals surface area (Å²) in [5, 5.41) is 7.24. The molecule has 0 saturated heterocycles. The fraction of sp³-hybridized carbons (Fsp3) is 0.292. The summed E-state index contributed by atoms with van der Waals surface area (Å²) in [4.78, 5) is 28.6. The highest BCUT2D eigenvalue weighted by Gasteiger charge is 2.35. The molecule has 4 aromatic rings. The van der Waals surface area contributed by atoms with E-state index in [-0.39, 0.29) is 30.9 Å². The van der Waals surface area contributed by atoms with Gasteiger partial charge in [0, 0.05) is 45.7 Å². The highest BCUT2D eigenvalue weighted by molar-refractivity contribution is 5.92. The number of carbonyl (C=O) groups excluding carboxylic acids is 1. The van der Waals surface area contributed by atoms with E-state index in [2.05, 4.69) is 25.4 Å². The molecule has 0 spiro atoms. The summed E-state index contributed by atoms with van der Waals surface area (Å²) in [5.41, 5.74) is 2.37. The topological polar surface area (TPSA) is 103 Å². The first kappa shape index (κ1) is 23.5. The van der Waals surface area contributed by atoms with Crippen LogP contribution < -0.4 is 5.32 Å². The van der Waals surface area contributed by atoms with Crippen LogP contribution in [0.4, 0.5) is 20.5 Å². The number of nitrogens with one attached hydrogen (secondary N) is 1. The molecule has 0 saturated carbocycles. The number of carbonyl (C=O) groups is 1. The van der Waals surface area contributed by atoms with Crippen molar-refractivity contribution in [2.45, 2.75) is 26.1 Å². The van der Waals surface area contributed by atoms with Crippen molar-refractivity contribution in [3.8, 4) is 11.4 Å². The zero-order chi connectivity index (χ0) is 25.4. The van der Waals surface area contributed by atoms with Gasteiger partial charge >= 0.3 is 0 Å². The molecule has 12 heteroatoms. The number of aryl methyl sites for hydroxylation is 2. The number of amides is 1. The molecule has 1 aliphatic heterocycles. The van der Waals surface area contributed by atoms with Crippen molar-refractivity contribution >= 4 is 17.7 Å². The van der Waals surface area contributed by atoms with E-state index in [0.29, 0.717) is 29.4 Å². The molecular weight excluding hydrogens is 470 g/mol. The van der Waals surface area contributed by atoms with E-state index in [9.17, 15) is 13.6 Å². The molecule has 36 heavy (non-hydrogen) atoms. The highest BCUT2D eigenvalue weighted by Crippen LogP contribution is 2.27. The Morgan fingerprint density at radius 1 is 1.19 bits per heavy atom. The number of anilines is 2. The van der Waals surface area contributed by atoms with Crippen LogP contribution in [0.15, 0.2) is 42.9 Å². The summed E-state index contributed by atoms with van der Waals surface area (Å²) < 4.78 is 35.9. The summed E-state index contributed by atoms with van der Waals surface area (Å²) in [6.07, 6.45) is 5.13. The average Bonchev–Trinajstić information content (AvgIpc) is 3.46. The first-order valence-electron chi connectivity index (χ1n) is 11.2. The standard InChI is InChI=1S/C24H24F2N8O2/c1-14-9-27-24(30-20-6-7-28-32(20)2)31-21(14)19-12-33-11-16(13-36-3)34(23(35)22(33)29-19)10-15-4-5-17(25)18(26)8-15/h4-9,12,16H,10-11,13H2,1-3H3,(H,27,30,31)/t16-/m0/s1. The van der Waals surface area contributed by atoms with Crippen LogP contribution in [0.1, 0.15) is 21.7 Å². The third kappa shape index (κ3) is 4.42. The lowest BCUT2D eigenvalue weighted by Crippen LogP contribution is -2.49. The summed E-state index contributed by atoms with van der Waals surface area (Å²) in [6, 6.07) is 5.09. The number of rotatable bonds is 7. The summed E-state index contributed by atoms with van der Waals surface area (Å²) in [5.74, 6) is -0.903. The second kappa shape index (κ2) is 9.46. The molecule has 1 N–H and O–H groups in total. The van der Waals surface area contributed by atoms with E-state index in [1.807, 2.05) is 6.92 Å². The van der Waals surface area contributed by atoms with Crippen molar-refractivity contribution < 1.29 is 18.3 Å². The summed E-state index contributed by atoms with van der Waals surface area (Å²) in [6.45, 7) is 2.66. The third-order valence-corrected chi connectivity index (χ3v) is 6.05. The number of imidazole rings is 1. The Labute approximate surface area is 205 Å². The van der Waals surface area contributed by atoms with E-state index >= 15 is 0 Å². The Morgan fingerprint density at radius 2 is 2.03 bits per heavy atom. The van der Waals surface area contributed by atoms with E-state index in [1.165, 1.54) is 6.07 Å². The van der Waals surface area contributed by atoms with Crippen molar-refractivity contribution in [1.29, 1.82) is 0 Å². The Kier molecular flexibility index (Phi) is 6.18. The molecular formula is C24H24F2N8O2. The third-order valence-electron chi connectivity index (χ3n) is 6.05. The van der Waals surface area contributed by atoms with Gasteiger partial charge in [0.2, 0.25) is 5.95 Å². The maximum Gasteiger partial charge on any atom is 0.290 e. The number of methoxy groups -OCH3 is 1. The molecule has 10 nitrogen and oxygen atoms in total. The zero-order valence-electron chi connectivity index (χ0n) is 19.9. The quantitative estimate of drug-likeness (QED) is 0.421. The maximum absolute atomic E-state index is 13.8. The van der Waals surface area contributed by atoms with Gasteiger partial charge in [-0.25, -0.2) is 23.7 Å². The highest BCUT2D eigenvalue weighted by atomic mass is 19.2. The number of halogens is 2. The number of nitrogens with zero attached hydrogens (tertiary/aromatic N) is 7.